The molecule has 0 saturated carbocycles. The van der Waals surface area contributed by atoms with Crippen molar-refractivity contribution in [1.29, 1.82) is 0 Å². The fourth-order valence-electron chi connectivity index (χ4n) is 3.45. The van der Waals surface area contributed by atoms with E-state index in [1.807, 2.05) is 19.1 Å². The monoisotopic (exact) mass is 366 g/mol. The zero-order chi connectivity index (χ0) is 17.9. The Labute approximate surface area is 149 Å². The van der Waals surface area contributed by atoms with Crippen LogP contribution in [0.5, 0.6) is 0 Å². The summed E-state index contributed by atoms with van der Waals surface area (Å²) in [5.41, 5.74) is 1.11. The van der Waals surface area contributed by atoms with Crippen LogP contribution in [0, 0.1) is 5.92 Å². The molecule has 0 radical (unpaired) electrons. The highest BCUT2D eigenvalue weighted by atomic mass is 32.2. The lowest BCUT2D eigenvalue weighted by atomic mass is 9.98. The molecule has 2 saturated heterocycles. The number of benzene rings is 1. The molecular weight excluding hydrogens is 340 g/mol. The average molecular weight is 366 g/mol. The molecule has 2 fully saturated rings. The van der Waals surface area contributed by atoms with E-state index in [0.717, 1.165) is 18.4 Å². The summed E-state index contributed by atoms with van der Waals surface area (Å²) >= 11 is 0. The van der Waals surface area contributed by atoms with E-state index in [4.69, 9.17) is 4.74 Å². The molecule has 7 heteroatoms. The number of hydrogen-bond acceptors (Lipinski definition) is 4. The third-order valence-corrected chi connectivity index (χ3v) is 6.90. The van der Waals surface area contributed by atoms with Gasteiger partial charge in [-0.1, -0.05) is 19.1 Å². The molecule has 0 aromatic heterocycles. The number of sulfonamides is 1. The zero-order valence-corrected chi connectivity index (χ0v) is 15.5. The number of carbonyl (C=O) groups is 1. The second-order valence-corrected chi connectivity index (χ2v) is 8.58. The highest BCUT2D eigenvalue weighted by molar-refractivity contribution is 7.89. The SMILES string of the molecule is CCc1ccc(S(=O)(=O)N2CCCC(C(=O)N3CCOCC3)C2)cc1. The van der Waals surface area contributed by atoms with Crippen LogP contribution in [0.3, 0.4) is 0 Å². The molecule has 1 aromatic rings. The van der Waals surface area contributed by atoms with Crippen LogP contribution in [0.1, 0.15) is 25.3 Å². The quantitative estimate of drug-likeness (QED) is 0.810. The Morgan fingerprint density at radius 1 is 1.16 bits per heavy atom. The molecule has 2 aliphatic rings. The number of aryl methyl sites for hydroxylation is 1. The lowest BCUT2D eigenvalue weighted by Gasteiger charge is -2.35. The molecule has 6 nitrogen and oxygen atoms in total. The molecule has 1 atom stereocenters. The number of nitrogens with zero attached hydrogens (tertiary/aromatic N) is 2. The molecule has 25 heavy (non-hydrogen) atoms. The molecule has 3 rings (SSSR count). The predicted octanol–water partition coefficient (Wildman–Crippen LogP) is 1.51. The van der Waals surface area contributed by atoms with Crippen molar-refractivity contribution in [3.8, 4) is 0 Å². The molecular formula is C18H26N2O4S. The van der Waals surface area contributed by atoms with Gasteiger partial charge in [-0.3, -0.25) is 4.79 Å². The molecule has 2 heterocycles. The fraction of sp³-hybridized carbons (Fsp3) is 0.611. The summed E-state index contributed by atoms with van der Waals surface area (Å²) < 4.78 is 32.6. The maximum absolute atomic E-state index is 12.9. The van der Waals surface area contributed by atoms with E-state index < -0.39 is 10.0 Å². The minimum Gasteiger partial charge on any atom is -0.378 e. The summed E-state index contributed by atoms with van der Waals surface area (Å²) in [5, 5.41) is 0. The van der Waals surface area contributed by atoms with Crippen LogP contribution >= 0.6 is 0 Å². The molecule has 0 bridgehead atoms. The van der Waals surface area contributed by atoms with Crippen LogP contribution in [0.2, 0.25) is 0 Å². The Hall–Kier alpha value is -1.44. The van der Waals surface area contributed by atoms with Crippen molar-refractivity contribution >= 4 is 15.9 Å². The van der Waals surface area contributed by atoms with Crippen molar-refractivity contribution in [3.63, 3.8) is 0 Å². The van der Waals surface area contributed by atoms with Gasteiger partial charge in [-0.2, -0.15) is 4.31 Å². The van der Waals surface area contributed by atoms with E-state index in [-0.39, 0.29) is 18.4 Å². The topological polar surface area (TPSA) is 66.9 Å². The maximum Gasteiger partial charge on any atom is 0.243 e. The predicted molar refractivity (Wildman–Crippen MR) is 94.7 cm³/mol. The summed E-state index contributed by atoms with van der Waals surface area (Å²) in [7, 11) is -3.55. The van der Waals surface area contributed by atoms with Crippen LogP contribution in [0.25, 0.3) is 0 Å². The number of rotatable bonds is 4. The smallest absolute Gasteiger partial charge is 0.243 e. The first-order valence-corrected chi connectivity index (χ1v) is 10.4. The molecule has 0 N–H and O–H groups in total. The van der Waals surface area contributed by atoms with E-state index in [0.29, 0.717) is 44.2 Å². The van der Waals surface area contributed by atoms with Crippen molar-refractivity contribution in [2.24, 2.45) is 5.92 Å². The normalized spacial score (nSPS) is 22.8. The van der Waals surface area contributed by atoms with Gasteiger partial charge in [0, 0.05) is 26.2 Å². The standard InChI is InChI=1S/C18H26N2O4S/c1-2-15-5-7-17(8-6-15)25(22,23)20-9-3-4-16(14-20)18(21)19-10-12-24-13-11-19/h5-8,16H,2-4,9-14H2,1H3. The molecule has 0 aliphatic carbocycles. The first-order valence-electron chi connectivity index (χ1n) is 8.98. The molecule has 138 valence electrons. The van der Waals surface area contributed by atoms with Gasteiger partial charge in [-0.15, -0.1) is 0 Å². The van der Waals surface area contributed by atoms with Gasteiger partial charge in [0.25, 0.3) is 0 Å². The Morgan fingerprint density at radius 2 is 1.84 bits per heavy atom. The van der Waals surface area contributed by atoms with Gasteiger partial charge < -0.3 is 9.64 Å². The van der Waals surface area contributed by atoms with Crippen LogP contribution < -0.4 is 0 Å². The van der Waals surface area contributed by atoms with Gasteiger partial charge in [-0.05, 0) is 37.0 Å². The average Bonchev–Trinajstić information content (AvgIpc) is 2.68. The fourth-order valence-corrected chi connectivity index (χ4v) is 4.97. The van der Waals surface area contributed by atoms with Crippen LogP contribution in [0.15, 0.2) is 29.2 Å². The van der Waals surface area contributed by atoms with Crippen molar-refractivity contribution < 1.29 is 17.9 Å². The van der Waals surface area contributed by atoms with E-state index >= 15 is 0 Å². The van der Waals surface area contributed by atoms with E-state index in [1.54, 1.807) is 17.0 Å². The number of hydrogen-bond donors (Lipinski definition) is 0. The third kappa shape index (κ3) is 4.04. The highest BCUT2D eigenvalue weighted by Gasteiger charge is 2.35. The van der Waals surface area contributed by atoms with Gasteiger partial charge in [0.1, 0.15) is 0 Å². The number of morpholine rings is 1. The number of amides is 1. The summed E-state index contributed by atoms with van der Waals surface area (Å²) in [4.78, 5) is 14.8. The lowest BCUT2D eigenvalue weighted by molar-refractivity contribution is -0.140. The minimum atomic E-state index is -3.55. The second kappa shape index (κ2) is 7.85. The van der Waals surface area contributed by atoms with Crippen molar-refractivity contribution in [1.82, 2.24) is 9.21 Å². The third-order valence-electron chi connectivity index (χ3n) is 5.03. The molecule has 1 amide bonds. The Kier molecular flexibility index (Phi) is 5.76. The molecule has 0 spiro atoms. The molecule has 2 aliphatic heterocycles. The van der Waals surface area contributed by atoms with Crippen LogP contribution in [-0.4, -0.2) is 62.9 Å². The van der Waals surface area contributed by atoms with Gasteiger partial charge in [0.15, 0.2) is 0 Å². The highest BCUT2D eigenvalue weighted by Crippen LogP contribution is 2.25. The molecule has 1 aromatic carbocycles. The van der Waals surface area contributed by atoms with Crippen LogP contribution in [-0.2, 0) is 26.0 Å². The number of piperidine rings is 1. The summed E-state index contributed by atoms with van der Waals surface area (Å²) in [6.45, 7) is 5.10. The zero-order valence-electron chi connectivity index (χ0n) is 14.7. The number of ether oxygens (including phenoxy) is 1. The Bertz CT molecular complexity index is 696. The number of carbonyl (C=O) groups excluding carboxylic acids is 1. The molecule has 1 unspecified atom stereocenters. The van der Waals surface area contributed by atoms with E-state index in [9.17, 15) is 13.2 Å². The van der Waals surface area contributed by atoms with Gasteiger partial charge in [0.05, 0.1) is 24.0 Å². The second-order valence-electron chi connectivity index (χ2n) is 6.64. The first kappa shape index (κ1) is 18.4. The maximum atomic E-state index is 12.9. The Morgan fingerprint density at radius 3 is 2.48 bits per heavy atom. The van der Waals surface area contributed by atoms with Crippen molar-refractivity contribution in [3.05, 3.63) is 29.8 Å². The van der Waals surface area contributed by atoms with E-state index in [1.165, 1.54) is 4.31 Å². The van der Waals surface area contributed by atoms with Crippen molar-refractivity contribution in [2.75, 3.05) is 39.4 Å². The summed E-state index contributed by atoms with van der Waals surface area (Å²) in [5.74, 6) is -0.193. The van der Waals surface area contributed by atoms with Crippen LogP contribution in [0.4, 0.5) is 0 Å². The van der Waals surface area contributed by atoms with Gasteiger partial charge >= 0.3 is 0 Å². The van der Waals surface area contributed by atoms with Crippen molar-refractivity contribution in [2.45, 2.75) is 31.1 Å². The largest absolute Gasteiger partial charge is 0.378 e. The first-order chi connectivity index (χ1) is 12.0. The minimum absolute atomic E-state index is 0.0598. The van der Waals surface area contributed by atoms with Gasteiger partial charge in [-0.25, -0.2) is 8.42 Å². The van der Waals surface area contributed by atoms with Gasteiger partial charge in [0.2, 0.25) is 15.9 Å². The van der Waals surface area contributed by atoms with E-state index in [2.05, 4.69) is 0 Å². The summed E-state index contributed by atoms with van der Waals surface area (Å²) in [6, 6.07) is 7.05. The Balaban J connectivity index is 1.71. The summed E-state index contributed by atoms with van der Waals surface area (Å²) in [6.07, 6.45) is 2.34. The lowest BCUT2D eigenvalue weighted by Crippen LogP contribution is -2.49.